The van der Waals surface area contributed by atoms with Crippen LogP contribution in [-0.2, 0) is 42.9 Å². The summed E-state index contributed by atoms with van der Waals surface area (Å²) in [5, 5.41) is 25.3. The zero-order chi connectivity index (χ0) is 49.4. The van der Waals surface area contributed by atoms with Gasteiger partial charge >= 0.3 is 5.97 Å². The molecule has 2 saturated heterocycles. The van der Waals surface area contributed by atoms with Crippen LogP contribution >= 0.6 is 0 Å². The van der Waals surface area contributed by atoms with Crippen molar-refractivity contribution in [3.05, 3.63) is 66.4 Å². The summed E-state index contributed by atoms with van der Waals surface area (Å²) < 4.78 is 31.0. The molecule has 1 aromatic heterocycles. The van der Waals surface area contributed by atoms with Crippen molar-refractivity contribution >= 4 is 40.0 Å². The lowest BCUT2D eigenvalue weighted by molar-refractivity contribution is -0.302. The number of hydrogen-bond acceptors (Lipinski definition) is 12. The third-order valence-electron chi connectivity index (χ3n) is 15.4. The van der Waals surface area contributed by atoms with E-state index in [1.807, 2.05) is 33.0 Å². The van der Waals surface area contributed by atoms with E-state index in [1.54, 1.807) is 19.9 Å². The van der Waals surface area contributed by atoms with Crippen LogP contribution in [-0.4, -0.2) is 132 Å². The van der Waals surface area contributed by atoms with Crippen LogP contribution in [0.2, 0.25) is 0 Å². The molecule has 1 saturated carbocycles. The first-order chi connectivity index (χ1) is 32.4. The number of H-pyrrole nitrogens is 1. The molecule has 1 aliphatic carbocycles. The van der Waals surface area contributed by atoms with Gasteiger partial charge in [-0.25, -0.2) is 4.79 Å². The van der Waals surface area contributed by atoms with Gasteiger partial charge in [0.25, 0.3) is 11.7 Å². The summed E-state index contributed by atoms with van der Waals surface area (Å²) in [7, 11) is 5.19. The van der Waals surface area contributed by atoms with Gasteiger partial charge in [-0.15, -0.1) is 6.58 Å². The number of aliphatic hydroxyl groups excluding tert-OH is 1. The SMILES string of the molecule is C=CCC1/C=C(\C)CC(C)CC(OC)C2OC(O)(C(=O)C(=O)N3CCCCC3C(=O)OC(C(C)=CC3CCC(N(C)c4ccc5[nH]ccc5c4)C(OCC)C3)C(C)C(O)CC1=O)C(C)CC2OC. The van der Waals surface area contributed by atoms with Crippen LogP contribution in [0.1, 0.15) is 112 Å². The molecule has 0 spiro atoms. The van der Waals surface area contributed by atoms with E-state index in [1.165, 1.54) is 19.1 Å². The molecular weight excluding hydrogens is 867 g/mol. The number of likely N-dealkylation sites (N-methyl/N-ethyl adjacent to an activating group) is 1. The normalized spacial score (nSPS) is 36.3. The van der Waals surface area contributed by atoms with Crippen molar-refractivity contribution in [1.82, 2.24) is 9.88 Å². The monoisotopic (exact) mass is 946 g/mol. The molecule has 4 heterocycles. The number of piperidine rings is 1. The maximum atomic E-state index is 14.6. The Morgan fingerprint density at radius 3 is 2.44 bits per heavy atom. The van der Waals surface area contributed by atoms with Gasteiger partial charge in [-0.2, -0.15) is 0 Å². The predicted octanol–water partition coefficient (Wildman–Crippen LogP) is 7.65. The van der Waals surface area contributed by atoms with E-state index in [0.29, 0.717) is 50.7 Å². The van der Waals surface area contributed by atoms with Gasteiger partial charge in [0.05, 0.1) is 30.5 Å². The Bertz CT molecular complexity index is 2130. The molecule has 3 aliphatic heterocycles. The molecule has 68 heavy (non-hydrogen) atoms. The number of benzene rings is 1. The zero-order valence-corrected chi connectivity index (χ0v) is 42.0. The minimum atomic E-state index is -2.51. The van der Waals surface area contributed by atoms with Gasteiger partial charge in [0, 0.05) is 81.4 Å². The molecule has 14 heteroatoms. The minimum Gasteiger partial charge on any atom is -0.456 e. The van der Waals surface area contributed by atoms with E-state index < -0.39 is 77.8 Å². The number of fused-ring (bicyclic) bond motifs is 4. The van der Waals surface area contributed by atoms with E-state index >= 15 is 0 Å². The van der Waals surface area contributed by atoms with Gasteiger partial charge in [-0.1, -0.05) is 44.6 Å². The number of amides is 1. The third kappa shape index (κ3) is 12.0. The quantitative estimate of drug-likeness (QED) is 0.121. The summed E-state index contributed by atoms with van der Waals surface area (Å²) in [6, 6.07) is 7.44. The molecule has 14 atom stereocenters. The molecule has 1 amide bonds. The standard InChI is InChI=1S/C54H79N3O11/c1-11-15-39-25-32(3)24-33(4)26-47(64-9)50-48(65-10)28-35(6)54(63,68-50)51(60)52(61)57-23-14-13-16-43(57)53(62)67-49(36(7)44(58)31-45(39)59)34(5)27-37-17-20-42(46(29-37)66-12-2)56(8)40-18-19-41-38(30-40)21-22-55-41/h11,18-19,21-22,25,27,30,33,35-37,39,42-44,46-50,55,58,63H,1,12-17,20,23-24,26,28-29,31H2,2-10H3/b32-25+,34-27?. The van der Waals surface area contributed by atoms with Crippen LogP contribution < -0.4 is 4.90 Å². The number of anilines is 1. The van der Waals surface area contributed by atoms with Crippen molar-refractivity contribution in [2.45, 2.75) is 167 Å². The number of carbonyl (C=O) groups excluding carboxylic acids is 4. The number of esters is 1. The maximum Gasteiger partial charge on any atom is 0.329 e. The number of ketones is 2. The number of aliphatic hydroxyl groups is 2. The van der Waals surface area contributed by atoms with Crippen LogP contribution in [0, 0.1) is 29.6 Å². The number of Topliss-reactive ketones (excluding diaryl/α,β-unsaturated/α-hetero) is 2. The smallest absolute Gasteiger partial charge is 0.329 e. The van der Waals surface area contributed by atoms with Gasteiger partial charge in [-0.3, -0.25) is 14.4 Å². The molecule has 6 rings (SSSR count). The van der Waals surface area contributed by atoms with E-state index in [0.717, 1.165) is 35.0 Å². The molecule has 3 N–H and O–H groups in total. The van der Waals surface area contributed by atoms with Crippen molar-refractivity contribution in [2.75, 3.05) is 39.3 Å². The number of nitrogens with one attached hydrogen (secondary N) is 1. The highest BCUT2D eigenvalue weighted by molar-refractivity contribution is 6.39. The lowest BCUT2D eigenvalue weighted by Crippen LogP contribution is -2.64. The van der Waals surface area contributed by atoms with Crippen molar-refractivity contribution < 1.29 is 53.1 Å². The van der Waals surface area contributed by atoms with E-state index in [2.05, 4.69) is 60.8 Å². The fourth-order valence-electron chi connectivity index (χ4n) is 11.5. The second-order valence-corrected chi connectivity index (χ2v) is 20.4. The molecule has 2 aromatic rings. The number of allylic oxidation sites excluding steroid dienone is 4. The first-order valence-electron chi connectivity index (χ1n) is 25.0. The molecule has 376 valence electrons. The van der Waals surface area contributed by atoms with Crippen LogP contribution in [0.15, 0.2) is 66.4 Å². The van der Waals surface area contributed by atoms with E-state index in [-0.39, 0.29) is 55.6 Å². The van der Waals surface area contributed by atoms with Gasteiger partial charge in [-0.05, 0) is 127 Å². The van der Waals surface area contributed by atoms with Crippen molar-refractivity contribution in [1.29, 1.82) is 0 Å². The summed E-state index contributed by atoms with van der Waals surface area (Å²) in [6.45, 7) is 15.9. The average Bonchev–Trinajstić information content (AvgIpc) is 3.80. The largest absolute Gasteiger partial charge is 0.456 e. The Morgan fingerprint density at radius 1 is 1.00 bits per heavy atom. The summed E-state index contributed by atoms with van der Waals surface area (Å²) in [6.07, 6.45) is 8.59. The number of aromatic nitrogens is 1. The zero-order valence-electron chi connectivity index (χ0n) is 42.0. The Labute approximate surface area is 403 Å². The van der Waals surface area contributed by atoms with Crippen LogP contribution in [0.4, 0.5) is 5.69 Å². The maximum absolute atomic E-state index is 14.6. The number of hydrogen-bond donors (Lipinski definition) is 3. The predicted molar refractivity (Wildman–Crippen MR) is 262 cm³/mol. The second kappa shape index (κ2) is 23.6. The van der Waals surface area contributed by atoms with E-state index in [4.69, 9.17) is 23.7 Å². The summed E-state index contributed by atoms with van der Waals surface area (Å²) in [5.74, 6) is -7.63. The first-order valence-corrected chi connectivity index (χ1v) is 25.0. The van der Waals surface area contributed by atoms with Gasteiger partial charge in [0.2, 0.25) is 5.79 Å². The average molecular weight is 946 g/mol. The minimum absolute atomic E-state index is 0.00806. The lowest BCUT2D eigenvalue weighted by atomic mass is 9.80. The number of nitrogens with zero attached hydrogens (tertiary/aromatic N) is 2. The highest BCUT2D eigenvalue weighted by atomic mass is 16.7. The Hall–Kier alpha value is -4.18. The number of cyclic esters (lactones) is 1. The fraction of sp³-hybridized carbons (Fsp3) is 0.667. The molecule has 3 fully saturated rings. The highest BCUT2D eigenvalue weighted by Crippen LogP contribution is 2.40. The Kier molecular flexibility index (Phi) is 18.5. The van der Waals surface area contributed by atoms with Gasteiger partial charge < -0.3 is 48.7 Å². The molecule has 1 aromatic carbocycles. The molecular formula is C54H79N3O11. The lowest BCUT2D eigenvalue weighted by Gasteiger charge is -2.47. The van der Waals surface area contributed by atoms with Crippen LogP contribution in [0.25, 0.3) is 10.9 Å². The highest BCUT2D eigenvalue weighted by Gasteiger charge is 2.56. The number of carbonyl (C=O) groups is 4. The van der Waals surface area contributed by atoms with Crippen molar-refractivity contribution in [3.63, 3.8) is 0 Å². The number of aromatic amines is 1. The third-order valence-corrected chi connectivity index (χ3v) is 15.4. The number of ether oxygens (including phenoxy) is 5. The first kappa shape index (κ1) is 53.2. The number of rotatable bonds is 10. The molecule has 2 bridgehead atoms. The fourth-order valence-corrected chi connectivity index (χ4v) is 11.5. The molecule has 14 unspecified atom stereocenters. The summed E-state index contributed by atoms with van der Waals surface area (Å²) in [4.78, 5) is 64.4. The Balaban J connectivity index is 1.33. The van der Waals surface area contributed by atoms with Crippen molar-refractivity contribution in [2.24, 2.45) is 29.6 Å². The van der Waals surface area contributed by atoms with Crippen LogP contribution in [0.5, 0.6) is 0 Å². The topological polar surface area (TPSA) is 177 Å². The summed E-state index contributed by atoms with van der Waals surface area (Å²) in [5.41, 5.74) is 3.86. The van der Waals surface area contributed by atoms with E-state index in [9.17, 15) is 29.4 Å². The second-order valence-electron chi connectivity index (χ2n) is 20.4. The van der Waals surface area contributed by atoms with Gasteiger partial charge in [0.1, 0.15) is 24.0 Å². The molecule has 0 radical (unpaired) electrons. The van der Waals surface area contributed by atoms with Gasteiger partial charge in [0.15, 0.2) is 0 Å². The molecule has 14 nitrogen and oxygen atoms in total. The molecule has 4 aliphatic rings. The van der Waals surface area contributed by atoms with Crippen molar-refractivity contribution in [3.8, 4) is 0 Å². The Morgan fingerprint density at radius 2 is 1.74 bits per heavy atom. The number of methoxy groups -OCH3 is 2. The van der Waals surface area contributed by atoms with Crippen LogP contribution in [0.3, 0.4) is 0 Å². The summed E-state index contributed by atoms with van der Waals surface area (Å²) >= 11 is 0.